The molecule has 1 atom stereocenters. The Balaban J connectivity index is 1.54. The second-order valence-electron chi connectivity index (χ2n) is 6.74. The standard InChI is InChI=1S/C18H24ClN5O2/c1-13(18(25)22(2)3)24-10-8-23(9-11-24)12-16-20-17(21-26-16)14-4-6-15(19)7-5-14/h4-7,13H,8-12H2,1-3H3. The number of amides is 1. The molecule has 1 aromatic carbocycles. The van der Waals surface area contributed by atoms with Crippen LogP contribution in [0.15, 0.2) is 28.8 Å². The monoisotopic (exact) mass is 377 g/mol. The second-order valence-corrected chi connectivity index (χ2v) is 7.18. The maximum Gasteiger partial charge on any atom is 0.241 e. The van der Waals surface area contributed by atoms with E-state index in [4.69, 9.17) is 16.1 Å². The lowest BCUT2D eigenvalue weighted by molar-refractivity contribution is -0.134. The average Bonchev–Trinajstić information content (AvgIpc) is 3.10. The maximum absolute atomic E-state index is 12.1. The third kappa shape index (κ3) is 4.41. The van der Waals surface area contributed by atoms with Crippen molar-refractivity contribution in [1.29, 1.82) is 0 Å². The number of likely N-dealkylation sites (N-methyl/N-ethyl adjacent to an activating group) is 1. The SMILES string of the molecule is CC(C(=O)N(C)C)N1CCN(Cc2nc(-c3ccc(Cl)cc3)no2)CC1. The summed E-state index contributed by atoms with van der Waals surface area (Å²) in [6.45, 7) is 6.00. The number of rotatable bonds is 5. The highest BCUT2D eigenvalue weighted by Gasteiger charge is 2.27. The van der Waals surface area contributed by atoms with Crippen molar-refractivity contribution in [2.24, 2.45) is 0 Å². The van der Waals surface area contributed by atoms with Crippen molar-refractivity contribution in [2.45, 2.75) is 19.5 Å². The summed E-state index contributed by atoms with van der Waals surface area (Å²) in [5, 5.41) is 4.73. The van der Waals surface area contributed by atoms with Gasteiger partial charge in [-0.2, -0.15) is 4.98 Å². The quantitative estimate of drug-likeness (QED) is 0.793. The smallest absolute Gasteiger partial charge is 0.241 e. The molecule has 2 heterocycles. The van der Waals surface area contributed by atoms with E-state index in [1.807, 2.05) is 31.2 Å². The molecular weight excluding hydrogens is 354 g/mol. The zero-order chi connectivity index (χ0) is 18.7. The van der Waals surface area contributed by atoms with Crippen LogP contribution in [-0.2, 0) is 11.3 Å². The minimum Gasteiger partial charge on any atom is -0.347 e. The van der Waals surface area contributed by atoms with Gasteiger partial charge in [-0.1, -0.05) is 16.8 Å². The molecule has 7 nitrogen and oxygen atoms in total. The van der Waals surface area contributed by atoms with Crippen LogP contribution in [0.1, 0.15) is 12.8 Å². The molecule has 0 aliphatic carbocycles. The zero-order valence-corrected chi connectivity index (χ0v) is 16.1. The fourth-order valence-electron chi connectivity index (χ4n) is 3.07. The van der Waals surface area contributed by atoms with Crippen LogP contribution >= 0.6 is 11.6 Å². The first-order valence-corrected chi connectivity index (χ1v) is 9.08. The fourth-order valence-corrected chi connectivity index (χ4v) is 3.19. The van der Waals surface area contributed by atoms with Crippen molar-refractivity contribution < 1.29 is 9.32 Å². The second kappa shape index (κ2) is 8.16. The van der Waals surface area contributed by atoms with Crippen LogP contribution in [0.25, 0.3) is 11.4 Å². The molecule has 1 saturated heterocycles. The van der Waals surface area contributed by atoms with E-state index in [9.17, 15) is 4.79 Å². The third-order valence-electron chi connectivity index (χ3n) is 4.68. The number of nitrogens with zero attached hydrogens (tertiary/aromatic N) is 5. The molecule has 1 fully saturated rings. The van der Waals surface area contributed by atoms with Gasteiger partial charge in [0.25, 0.3) is 0 Å². The predicted molar refractivity (Wildman–Crippen MR) is 99.8 cm³/mol. The Hall–Kier alpha value is -1.96. The highest BCUT2D eigenvalue weighted by molar-refractivity contribution is 6.30. The van der Waals surface area contributed by atoms with Crippen LogP contribution in [0.4, 0.5) is 0 Å². The van der Waals surface area contributed by atoms with Crippen LogP contribution in [0.3, 0.4) is 0 Å². The molecular formula is C18H24ClN5O2. The van der Waals surface area contributed by atoms with Gasteiger partial charge in [0.2, 0.25) is 17.6 Å². The van der Waals surface area contributed by atoms with Gasteiger partial charge in [-0.25, -0.2) is 0 Å². The molecule has 3 rings (SSSR count). The van der Waals surface area contributed by atoms with Crippen LogP contribution in [0, 0.1) is 0 Å². The number of hydrogen-bond donors (Lipinski definition) is 0. The van der Waals surface area contributed by atoms with Gasteiger partial charge in [-0.3, -0.25) is 14.6 Å². The zero-order valence-electron chi connectivity index (χ0n) is 15.4. The minimum atomic E-state index is -0.0907. The molecule has 2 aromatic rings. The lowest BCUT2D eigenvalue weighted by Crippen LogP contribution is -2.53. The molecule has 0 bridgehead atoms. The van der Waals surface area contributed by atoms with Crippen molar-refractivity contribution in [2.75, 3.05) is 40.3 Å². The summed E-state index contributed by atoms with van der Waals surface area (Å²) in [7, 11) is 3.59. The average molecular weight is 378 g/mol. The summed E-state index contributed by atoms with van der Waals surface area (Å²) < 4.78 is 5.39. The Morgan fingerprint density at radius 2 is 1.88 bits per heavy atom. The fraction of sp³-hybridized carbons (Fsp3) is 0.500. The summed E-state index contributed by atoms with van der Waals surface area (Å²) in [6.07, 6.45) is 0. The number of carbonyl (C=O) groups is 1. The summed E-state index contributed by atoms with van der Waals surface area (Å²) in [5.74, 6) is 1.31. The topological polar surface area (TPSA) is 65.7 Å². The first kappa shape index (κ1) is 18.8. The molecule has 26 heavy (non-hydrogen) atoms. The Morgan fingerprint density at radius 1 is 1.23 bits per heavy atom. The molecule has 1 unspecified atom stereocenters. The molecule has 140 valence electrons. The number of hydrogen-bond acceptors (Lipinski definition) is 6. The van der Waals surface area contributed by atoms with E-state index in [1.165, 1.54) is 0 Å². The summed E-state index contributed by atoms with van der Waals surface area (Å²) in [5.41, 5.74) is 0.880. The van der Waals surface area contributed by atoms with Crippen LogP contribution < -0.4 is 0 Å². The van der Waals surface area contributed by atoms with Gasteiger partial charge >= 0.3 is 0 Å². The first-order valence-electron chi connectivity index (χ1n) is 8.70. The number of aromatic nitrogens is 2. The molecule has 1 amide bonds. The Labute approximate surface area is 158 Å². The largest absolute Gasteiger partial charge is 0.347 e. The van der Waals surface area contributed by atoms with E-state index < -0.39 is 0 Å². The van der Waals surface area contributed by atoms with Gasteiger partial charge in [0.05, 0.1) is 12.6 Å². The lowest BCUT2D eigenvalue weighted by atomic mass is 10.2. The molecule has 0 saturated carbocycles. The lowest BCUT2D eigenvalue weighted by Gasteiger charge is -2.37. The molecule has 0 radical (unpaired) electrons. The predicted octanol–water partition coefficient (Wildman–Crippen LogP) is 1.98. The van der Waals surface area contributed by atoms with Crippen molar-refractivity contribution >= 4 is 17.5 Å². The van der Waals surface area contributed by atoms with Gasteiger partial charge < -0.3 is 9.42 Å². The normalized spacial score (nSPS) is 17.2. The highest BCUT2D eigenvalue weighted by Crippen LogP contribution is 2.19. The maximum atomic E-state index is 12.1. The van der Waals surface area contributed by atoms with Crippen molar-refractivity contribution in [3.05, 3.63) is 35.2 Å². The van der Waals surface area contributed by atoms with Gasteiger partial charge in [0.15, 0.2) is 0 Å². The van der Waals surface area contributed by atoms with E-state index >= 15 is 0 Å². The number of halogens is 1. The molecule has 8 heteroatoms. The summed E-state index contributed by atoms with van der Waals surface area (Å²) >= 11 is 5.91. The number of carbonyl (C=O) groups excluding carboxylic acids is 1. The summed E-state index contributed by atoms with van der Waals surface area (Å²) in [4.78, 5) is 22.7. The Morgan fingerprint density at radius 3 is 2.50 bits per heavy atom. The molecule has 1 aliphatic rings. The Bertz CT molecular complexity index is 738. The van der Waals surface area contributed by atoms with E-state index in [-0.39, 0.29) is 11.9 Å². The van der Waals surface area contributed by atoms with Gasteiger partial charge in [0.1, 0.15) is 0 Å². The molecule has 0 spiro atoms. The van der Waals surface area contributed by atoms with E-state index in [0.29, 0.717) is 23.3 Å². The van der Waals surface area contributed by atoms with Gasteiger partial charge in [0, 0.05) is 50.9 Å². The molecule has 1 aromatic heterocycles. The van der Waals surface area contributed by atoms with Crippen molar-refractivity contribution in [1.82, 2.24) is 24.8 Å². The minimum absolute atomic E-state index is 0.0907. The van der Waals surface area contributed by atoms with E-state index in [0.717, 1.165) is 31.7 Å². The summed E-state index contributed by atoms with van der Waals surface area (Å²) in [6, 6.07) is 7.27. The number of benzene rings is 1. The van der Waals surface area contributed by atoms with Crippen LogP contribution in [0.2, 0.25) is 5.02 Å². The molecule has 1 aliphatic heterocycles. The van der Waals surface area contributed by atoms with Crippen molar-refractivity contribution in [3.8, 4) is 11.4 Å². The number of piperazine rings is 1. The third-order valence-corrected chi connectivity index (χ3v) is 4.93. The van der Waals surface area contributed by atoms with Gasteiger partial charge in [-0.15, -0.1) is 0 Å². The van der Waals surface area contributed by atoms with E-state index in [2.05, 4.69) is 19.9 Å². The van der Waals surface area contributed by atoms with E-state index in [1.54, 1.807) is 19.0 Å². The van der Waals surface area contributed by atoms with Crippen LogP contribution in [0.5, 0.6) is 0 Å². The molecule has 0 N–H and O–H groups in total. The van der Waals surface area contributed by atoms with Gasteiger partial charge in [-0.05, 0) is 31.2 Å². The highest BCUT2D eigenvalue weighted by atomic mass is 35.5. The Kier molecular flexibility index (Phi) is 5.90. The first-order chi connectivity index (χ1) is 12.4. The van der Waals surface area contributed by atoms with Crippen molar-refractivity contribution in [3.63, 3.8) is 0 Å². The van der Waals surface area contributed by atoms with Crippen LogP contribution in [-0.4, -0.2) is 77.1 Å².